The summed E-state index contributed by atoms with van der Waals surface area (Å²) in [7, 11) is 1.58. The zero-order valence-electron chi connectivity index (χ0n) is 11.9. The first-order valence-electron chi connectivity index (χ1n) is 6.43. The van der Waals surface area contributed by atoms with Crippen LogP contribution in [-0.2, 0) is 4.79 Å². The van der Waals surface area contributed by atoms with E-state index >= 15 is 0 Å². The number of rotatable bonds is 8. The molecule has 1 aromatic heterocycles. The van der Waals surface area contributed by atoms with E-state index in [0.29, 0.717) is 34.1 Å². The Balaban J connectivity index is 1.64. The largest absolute Gasteiger partial charge is 0.493 e. The number of hydrogen-bond acceptors (Lipinski definition) is 8. The molecule has 118 valence electrons. The van der Waals surface area contributed by atoms with E-state index in [1.807, 2.05) is 24.3 Å². The number of hydrogen-bond donors (Lipinski definition) is 2. The van der Waals surface area contributed by atoms with Crippen LogP contribution in [0.5, 0.6) is 11.5 Å². The predicted molar refractivity (Wildman–Crippen MR) is 86.5 cm³/mol. The summed E-state index contributed by atoms with van der Waals surface area (Å²) in [4.78, 5) is 11.7. The first-order valence-corrected chi connectivity index (χ1v) is 8.23. The van der Waals surface area contributed by atoms with Crippen LogP contribution in [0, 0.1) is 0 Å². The molecule has 0 aliphatic rings. The molecule has 9 heteroatoms. The minimum absolute atomic E-state index is 0.0950. The average molecular weight is 340 g/mol. The minimum atomic E-state index is -0.0950. The van der Waals surface area contributed by atoms with Crippen molar-refractivity contribution in [1.82, 2.24) is 15.5 Å². The number of amides is 1. The monoisotopic (exact) mass is 340 g/mol. The van der Waals surface area contributed by atoms with E-state index in [4.69, 9.17) is 15.2 Å². The summed E-state index contributed by atoms with van der Waals surface area (Å²) in [5.74, 6) is 1.49. The number of carbonyl (C=O) groups excluding carboxylic acids is 1. The Hall–Kier alpha value is -2.00. The Labute approximate surface area is 136 Å². The van der Waals surface area contributed by atoms with E-state index in [2.05, 4.69) is 15.5 Å². The van der Waals surface area contributed by atoms with E-state index in [-0.39, 0.29) is 11.7 Å². The Morgan fingerprint density at radius 2 is 2.14 bits per heavy atom. The number of benzene rings is 1. The molecule has 2 aromatic rings. The molecule has 0 saturated heterocycles. The van der Waals surface area contributed by atoms with Crippen molar-refractivity contribution in [3.63, 3.8) is 0 Å². The number of nitrogens with zero attached hydrogens (tertiary/aromatic N) is 2. The van der Waals surface area contributed by atoms with Gasteiger partial charge in [-0.2, -0.15) is 0 Å². The lowest BCUT2D eigenvalue weighted by atomic mass is 10.3. The van der Waals surface area contributed by atoms with Gasteiger partial charge in [0.2, 0.25) is 11.0 Å². The van der Waals surface area contributed by atoms with Gasteiger partial charge in [-0.3, -0.25) is 4.79 Å². The lowest BCUT2D eigenvalue weighted by Gasteiger charge is -2.10. The molecule has 0 fully saturated rings. The molecule has 0 saturated carbocycles. The fourth-order valence-corrected chi connectivity index (χ4v) is 3.01. The average Bonchev–Trinajstić information content (AvgIpc) is 2.95. The number of para-hydroxylation sites is 2. The summed E-state index contributed by atoms with van der Waals surface area (Å²) in [5, 5.41) is 10.7. The van der Waals surface area contributed by atoms with Gasteiger partial charge in [-0.1, -0.05) is 35.2 Å². The van der Waals surface area contributed by atoms with Crippen LogP contribution in [0.2, 0.25) is 0 Å². The maximum Gasteiger partial charge on any atom is 0.230 e. The summed E-state index contributed by atoms with van der Waals surface area (Å²) in [5.41, 5.74) is 5.47. The topological polar surface area (TPSA) is 99.4 Å². The summed E-state index contributed by atoms with van der Waals surface area (Å²) < 4.78 is 11.4. The Morgan fingerprint density at radius 1 is 1.36 bits per heavy atom. The van der Waals surface area contributed by atoms with Gasteiger partial charge in [0.1, 0.15) is 6.61 Å². The van der Waals surface area contributed by atoms with Gasteiger partial charge in [0.05, 0.1) is 19.4 Å². The highest BCUT2D eigenvalue weighted by molar-refractivity contribution is 8.01. The summed E-state index contributed by atoms with van der Waals surface area (Å²) in [6.45, 7) is 0.776. The lowest BCUT2D eigenvalue weighted by molar-refractivity contribution is -0.118. The molecular formula is C13H16N4O3S2. The Bertz CT molecular complexity index is 621. The van der Waals surface area contributed by atoms with Crippen LogP contribution in [0.25, 0.3) is 0 Å². The van der Waals surface area contributed by atoms with Gasteiger partial charge < -0.3 is 20.5 Å². The second kappa shape index (κ2) is 8.44. The zero-order valence-corrected chi connectivity index (χ0v) is 13.6. The van der Waals surface area contributed by atoms with E-state index in [0.717, 1.165) is 0 Å². The third kappa shape index (κ3) is 5.08. The lowest BCUT2D eigenvalue weighted by Crippen LogP contribution is -2.29. The highest BCUT2D eigenvalue weighted by Gasteiger charge is 2.07. The van der Waals surface area contributed by atoms with Crippen molar-refractivity contribution in [1.29, 1.82) is 0 Å². The molecule has 0 aliphatic heterocycles. The van der Waals surface area contributed by atoms with Crippen molar-refractivity contribution in [3.05, 3.63) is 24.3 Å². The van der Waals surface area contributed by atoms with Crippen LogP contribution in [0.4, 0.5) is 5.13 Å². The van der Waals surface area contributed by atoms with Crippen molar-refractivity contribution in [2.75, 3.05) is 31.7 Å². The van der Waals surface area contributed by atoms with Gasteiger partial charge in [-0.25, -0.2) is 0 Å². The normalized spacial score (nSPS) is 10.2. The molecule has 0 unspecified atom stereocenters. The molecule has 0 spiro atoms. The fraction of sp³-hybridized carbons (Fsp3) is 0.308. The van der Waals surface area contributed by atoms with E-state index in [1.54, 1.807) is 7.11 Å². The van der Waals surface area contributed by atoms with Crippen LogP contribution in [-0.4, -0.2) is 42.1 Å². The van der Waals surface area contributed by atoms with Crippen molar-refractivity contribution >= 4 is 34.1 Å². The van der Waals surface area contributed by atoms with Gasteiger partial charge in [0.15, 0.2) is 15.8 Å². The highest BCUT2D eigenvalue weighted by atomic mass is 32.2. The molecule has 1 heterocycles. The third-order valence-corrected chi connectivity index (χ3v) is 4.39. The quantitative estimate of drug-likeness (QED) is 0.554. The number of ether oxygens (including phenoxy) is 2. The molecule has 1 amide bonds. The SMILES string of the molecule is COc1ccccc1OCCNC(=O)CSc1nnc(N)s1. The van der Waals surface area contributed by atoms with Crippen molar-refractivity contribution in [2.24, 2.45) is 0 Å². The van der Waals surface area contributed by atoms with Crippen LogP contribution >= 0.6 is 23.1 Å². The Morgan fingerprint density at radius 3 is 2.82 bits per heavy atom. The van der Waals surface area contributed by atoms with Gasteiger partial charge in [0, 0.05) is 0 Å². The molecule has 7 nitrogen and oxygen atoms in total. The molecule has 0 atom stereocenters. The molecule has 0 aliphatic carbocycles. The number of nitrogens with one attached hydrogen (secondary N) is 1. The van der Waals surface area contributed by atoms with Crippen molar-refractivity contribution in [3.8, 4) is 11.5 Å². The molecule has 3 N–H and O–H groups in total. The van der Waals surface area contributed by atoms with Gasteiger partial charge in [-0.05, 0) is 12.1 Å². The molecular weight excluding hydrogens is 324 g/mol. The molecule has 1 aromatic carbocycles. The number of thioether (sulfide) groups is 1. The zero-order chi connectivity index (χ0) is 15.8. The van der Waals surface area contributed by atoms with E-state index < -0.39 is 0 Å². The summed E-state index contributed by atoms with van der Waals surface area (Å²) >= 11 is 2.56. The number of nitrogens with two attached hydrogens (primary N) is 1. The molecule has 0 radical (unpaired) electrons. The number of nitrogen functional groups attached to an aromatic ring is 1. The van der Waals surface area contributed by atoms with Crippen molar-refractivity contribution in [2.45, 2.75) is 4.34 Å². The predicted octanol–water partition coefficient (Wildman–Crippen LogP) is 1.42. The van der Waals surface area contributed by atoms with Crippen LogP contribution in [0.15, 0.2) is 28.6 Å². The maximum absolute atomic E-state index is 11.7. The smallest absolute Gasteiger partial charge is 0.230 e. The maximum atomic E-state index is 11.7. The second-order valence-electron chi connectivity index (χ2n) is 4.04. The second-order valence-corrected chi connectivity index (χ2v) is 6.28. The summed E-state index contributed by atoms with van der Waals surface area (Å²) in [6, 6.07) is 7.36. The first-order chi connectivity index (χ1) is 10.7. The Kier molecular flexibility index (Phi) is 6.28. The van der Waals surface area contributed by atoms with Crippen LogP contribution < -0.4 is 20.5 Å². The van der Waals surface area contributed by atoms with Crippen LogP contribution in [0.3, 0.4) is 0 Å². The number of methoxy groups -OCH3 is 1. The highest BCUT2D eigenvalue weighted by Crippen LogP contribution is 2.25. The number of aromatic nitrogens is 2. The summed E-state index contributed by atoms with van der Waals surface area (Å²) in [6.07, 6.45) is 0. The standard InChI is InChI=1S/C13H16N4O3S2/c1-19-9-4-2-3-5-10(9)20-7-6-15-11(18)8-21-13-17-16-12(14)22-13/h2-5H,6-8H2,1H3,(H2,14,16)(H,15,18). The van der Waals surface area contributed by atoms with Gasteiger partial charge in [-0.15, -0.1) is 10.2 Å². The van der Waals surface area contributed by atoms with E-state index in [9.17, 15) is 4.79 Å². The fourth-order valence-electron chi connectivity index (χ4n) is 1.55. The van der Waals surface area contributed by atoms with Gasteiger partial charge in [0.25, 0.3) is 0 Å². The van der Waals surface area contributed by atoms with Crippen molar-refractivity contribution < 1.29 is 14.3 Å². The first kappa shape index (κ1) is 16.4. The van der Waals surface area contributed by atoms with Gasteiger partial charge >= 0.3 is 0 Å². The molecule has 2 rings (SSSR count). The third-order valence-electron chi connectivity index (χ3n) is 2.50. The van der Waals surface area contributed by atoms with Crippen LogP contribution in [0.1, 0.15) is 0 Å². The molecule has 22 heavy (non-hydrogen) atoms. The number of anilines is 1. The van der Waals surface area contributed by atoms with E-state index in [1.165, 1.54) is 23.1 Å². The molecule has 0 bridgehead atoms. The number of carbonyl (C=O) groups is 1. The minimum Gasteiger partial charge on any atom is -0.493 e.